The number of halogens is 3. The van der Waals surface area contributed by atoms with Gasteiger partial charge < -0.3 is 4.42 Å². The van der Waals surface area contributed by atoms with Crippen LogP contribution in [0.3, 0.4) is 0 Å². The Hall–Kier alpha value is -1.92. The maximum atomic E-state index is 11.8. The van der Waals surface area contributed by atoms with Crippen LogP contribution >= 0.6 is 46.6 Å². The van der Waals surface area contributed by atoms with E-state index in [0.29, 0.717) is 32.2 Å². The summed E-state index contributed by atoms with van der Waals surface area (Å²) in [6, 6.07) is 16.1. The third-order valence-electron chi connectivity index (χ3n) is 3.41. The third-order valence-corrected chi connectivity index (χ3v) is 5.49. The van der Waals surface area contributed by atoms with Gasteiger partial charge in [-0.1, -0.05) is 40.9 Å². The van der Waals surface area contributed by atoms with Crippen LogP contribution in [0.15, 0.2) is 69.0 Å². The van der Waals surface area contributed by atoms with Crippen molar-refractivity contribution in [2.75, 3.05) is 5.75 Å². The van der Waals surface area contributed by atoms with Gasteiger partial charge in [-0.3, -0.25) is 4.79 Å². The molecule has 0 aliphatic rings. The molecule has 0 aliphatic carbocycles. The number of hydrazone groups is 1. The van der Waals surface area contributed by atoms with Crippen molar-refractivity contribution in [1.82, 2.24) is 5.43 Å². The van der Waals surface area contributed by atoms with E-state index in [0.717, 1.165) is 4.90 Å². The first kappa shape index (κ1) is 19.8. The molecule has 4 nitrogen and oxygen atoms in total. The Kier molecular flexibility index (Phi) is 6.85. The number of benzene rings is 2. The standard InChI is InChI=1S/C19H13Cl3N2O2S/c20-12-4-7-14(8-5-12)27-11-18(25)24-23-10-13-6-9-17(26-13)15-2-1-3-16(21)19(15)22/h1-10H,11H2,(H,24,25)/b23-10+. The van der Waals surface area contributed by atoms with Gasteiger partial charge in [0.1, 0.15) is 11.5 Å². The fraction of sp³-hybridized carbons (Fsp3) is 0.0526. The number of hydrogen-bond donors (Lipinski definition) is 1. The SMILES string of the molecule is O=C(CSc1ccc(Cl)cc1)N/N=C/c1ccc(-c2cccc(Cl)c2Cl)o1. The molecule has 138 valence electrons. The van der Waals surface area contributed by atoms with Crippen molar-refractivity contribution in [3.63, 3.8) is 0 Å². The Morgan fingerprint density at radius 1 is 1.07 bits per heavy atom. The van der Waals surface area contributed by atoms with Gasteiger partial charge in [0.25, 0.3) is 0 Å². The van der Waals surface area contributed by atoms with Gasteiger partial charge in [0.15, 0.2) is 0 Å². The molecule has 0 aliphatic heterocycles. The highest BCUT2D eigenvalue weighted by atomic mass is 35.5. The minimum Gasteiger partial charge on any atom is -0.455 e. The van der Waals surface area contributed by atoms with Crippen LogP contribution in [0, 0.1) is 0 Å². The first-order valence-corrected chi connectivity index (χ1v) is 9.89. The number of carbonyl (C=O) groups is 1. The molecule has 1 N–H and O–H groups in total. The fourth-order valence-electron chi connectivity index (χ4n) is 2.14. The Morgan fingerprint density at radius 3 is 2.63 bits per heavy atom. The molecular weight excluding hydrogens is 427 g/mol. The zero-order chi connectivity index (χ0) is 19.2. The third kappa shape index (κ3) is 5.53. The summed E-state index contributed by atoms with van der Waals surface area (Å²) in [5.41, 5.74) is 3.15. The van der Waals surface area contributed by atoms with E-state index in [1.165, 1.54) is 18.0 Å². The van der Waals surface area contributed by atoms with Crippen molar-refractivity contribution in [2.24, 2.45) is 5.10 Å². The van der Waals surface area contributed by atoms with Crippen LogP contribution in [-0.2, 0) is 4.79 Å². The predicted molar refractivity (Wildman–Crippen MR) is 112 cm³/mol. The monoisotopic (exact) mass is 438 g/mol. The van der Waals surface area contributed by atoms with Gasteiger partial charge in [0, 0.05) is 15.5 Å². The van der Waals surface area contributed by atoms with Crippen LogP contribution in [0.4, 0.5) is 0 Å². The summed E-state index contributed by atoms with van der Waals surface area (Å²) in [5, 5.41) is 5.43. The summed E-state index contributed by atoms with van der Waals surface area (Å²) < 4.78 is 5.67. The van der Waals surface area contributed by atoms with Crippen LogP contribution in [0.5, 0.6) is 0 Å². The molecule has 2 aromatic carbocycles. The van der Waals surface area contributed by atoms with Crippen LogP contribution in [0.2, 0.25) is 15.1 Å². The lowest BCUT2D eigenvalue weighted by Crippen LogP contribution is -2.19. The number of hydrogen-bond acceptors (Lipinski definition) is 4. The second kappa shape index (κ2) is 9.33. The predicted octanol–water partition coefficient (Wildman–Crippen LogP) is 6.15. The maximum Gasteiger partial charge on any atom is 0.250 e. The largest absolute Gasteiger partial charge is 0.455 e. The normalized spacial score (nSPS) is 11.1. The van der Waals surface area contributed by atoms with Gasteiger partial charge in [-0.2, -0.15) is 5.10 Å². The fourth-order valence-corrected chi connectivity index (χ4v) is 3.35. The van der Waals surface area contributed by atoms with Crippen molar-refractivity contribution in [3.05, 3.63) is 75.4 Å². The van der Waals surface area contributed by atoms with Gasteiger partial charge in [0.2, 0.25) is 5.91 Å². The number of nitrogens with one attached hydrogen (secondary N) is 1. The molecule has 27 heavy (non-hydrogen) atoms. The smallest absolute Gasteiger partial charge is 0.250 e. The highest BCUT2D eigenvalue weighted by molar-refractivity contribution is 8.00. The van der Waals surface area contributed by atoms with E-state index in [1.54, 1.807) is 36.4 Å². The summed E-state index contributed by atoms with van der Waals surface area (Å²) in [7, 11) is 0. The molecule has 0 unspecified atom stereocenters. The summed E-state index contributed by atoms with van der Waals surface area (Å²) >= 11 is 19.4. The summed E-state index contributed by atoms with van der Waals surface area (Å²) in [6.45, 7) is 0. The minimum absolute atomic E-state index is 0.226. The van der Waals surface area contributed by atoms with Crippen molar-refractivity contribution in [3.8, 4) is 11.3 Å². The Bertz CT molecular complexity index is 971. The molecule has 1 amide bonds. The zero-order valence-electron chi connectivity index (χ0n) is 13.8. The van der Waals surface area contributed by atoms with Crippen LogP contribution < -0.4 is 5.43 Å². The lowest BCUT2D eigenvalue weighted by molar-refractivity contribution is -0.118. The van der Waals surface area contributed by atoms with Crippen molar-refractivity contribution in [2.45, 2.75) is 4.90 Å². The molecule has 1 heterocycles. The van der Waals surface area contributed by atoms with Gasteiger partial charge >= 0.3 is 0 Å². The van der Waals surface area contributed by atoms with Crippen molar-refractivity contribution >= 4 is 58.7 Å². The quantitative estimate of drug-likeness (QED) is 0.285. The van der Waals surface area contributed by atoms with Crippen molar-refractivity contribution < 1.29 is 9.21 Å². The van der Waals surface area contributed by atoms with E-state index in [-0.39, 0.29) is 11.7 Å². The molecule has 3 aromatic rings. The van der Waals surface area contributed by atoms with E-state index < -0.39 is 0 Å². The van der Waals surface area contributed by atoms with Gasteiger partial charge in [-0.05, 0) is 48.5 Å². The molecular formula is C19H13Cl3N2O2S. The molecule has 0 saturated heterocycles. The first-order valence-electron chi connectivity index (χ1n) is 7.77. The number of rotatable bonds is 6. The van der Waals surface area contributed by atoms with Crippen LogP contribution in [0.1, 0.15) is 5.76 Å². The lowest BCUT2D eigenvalue weighted by atomic mass is 10.2. The summed E-state index contributed by atoms with van der Waals surface area (Å²) in [4.78, 5) is 12.8. The van der Waals surface area contributed by atoms with Crippen LogP contribution in [0.25, 0.3) is 11.3 Å². The van der Waals surface area contributed by atoms with E-state index >= 15 is 0 Å². The van der Waals surface area contributed by atoms with E-state index in [9.17, 15) is 4.79 Å². The Labute approximate surface area is 175 Å². The molecule has 0 bridgehead atoms. The molecule has 0 fully saturated rings. The van der Waals surface area contributed by atoms with Crippen molar-refractivity contribution in [1.29, 1.82) is 0 Å². The van der Waals surface area contributed by atoms with E-state index in [2.05, 4.69) is 10.5 Å². The van der Waals surface area contributed by atoms with Gasteiger partial charge in [-0.15, -0.1) is 11.8 Å². The lowest BCUT2D eigenvalue weighted by Gasteiger charge is -2.02. The molecule has 0 radical (unpaired) electrons. The summed E-state index contributed by atoms with van der Waals surface area (Å²) in [5.74, 6) is 1.05. The minimum atomic E-state index is -0.226. The van der Waals surface area contributed by atoms with Crippen LogP contribution in [-0.4, -0.2) is 17.9 Å². The zero-order valence-corrected chi connectivity index (χ0v) is 16.9. The average Bonchev–Trinajstić information content (AvgIpc) is 3.12. The first-order chi connectivity index (χ1) is 13.0. The molecule has 0 spiro atoms. The molecule has 0 atom stereocenters. The summed E-state index contributed by atoms with van der Waals surface area (Å²) in [6.07, 6.45) is 1.42. The number of thioether (sulfide) groups is 1. The second-order valence-corrected chi connectivity index (χ2v) is 7.61. The highest BCUT2D eigenvalue weighted by Gasteiger charge is 2.10. The number of furan rings is 1. The average molecular weight is 440 g/mol. The number of amides is 1. The van der Waals surface area contributed by atoms with Gasteiger partial charge in [0.05, 0.1) is 22.0 Å². The second-order valence-electron chi connectivity index (χ2n) is 5.34. The van der Waals surface area contributed by atoms with Gasteiger partial charge in [-0.25, -0.2) is 5.43 Å². The van der Waals surface area contributed by atoms with E-state index in [4.69, 9.17) is 39.2 Å². The molecule has 8 heteroatoms. The number of carbonyl (C=O) groups excluding carboxylic acids is 1. The molecule has 0 saturated carbocycles. The molecule has 3 rings (SSSR count). The maximum absolute atomic E-state index is 11.8. The number of nitrogens with zero attached hydrogens (tertiary/aromatic N) is 1. The van der Waals surface area contributed by atoms with E-state index in [1.807, 2.05) is 18.2 Å². The Balaban J connectivity index is 1.54. The topological polar surface area (TPSA) is 54.6 Å². The highest BCUT2D eigenvalue weighted by Crippen LogP contribution is 2.34. The Morgan fingerprint density at radius 2 is 1.85 bits per heavy atom. The molecule has 1 aromatic heterocycles.